The Labute approximate surface area is 188 Å². The molecule has 2 atom stereocenters. The Morgan fingerprint density at radius 3 is 2.67 bits per heavy atom. The molecular formula is C21H24F3N5O4. The monoisotopic (exact) mass is 467 g/mol. The van der Waals surface area contributed by atoms with Crippen LogP contribution in [0.5, 0.6) is 0 Å². The van der Waals surface area contributed by atoms with Gasteiger partial charge in [0.15, 0.2) is 5.82 Å². The second kappa shape index (κ2) is 8.49. The number of carbonyl (C=O) groups excluding carboxylic acids is 1. The Balaban J connectivity index is 1.67. The number of anilines is 3. The number of hydrogen-bond acceptors (Lipinski definition) is 8. The van der Waals surface area contributed by atoms with Gasteiger partial charge in [0.25, 0.3) is 5.91 Å². The Hall–Kier alpha value is -3.44. The number of carbonyl (C=O) groups is 1. The Morgan fingerprint density at radius 2 is 2.06 bits per heavy atom. The summed E-state index contributed by atoms with van der Waals surface area (Å²) in [5.41, 5.74) is 0.381. The molecule has 1 saturated carbocycles. The van der Waals surface area contributed by atoms with Crippen molar-refractivity contribution in [1.82, 2.24) is 9.97 Å². The molecular weight excluding hydrogens is 443 g/mol. The summed E-state index contributed by atoms with van der Waals surface area (Å²) in [5.74, 6) is -5.31. The van der Waals surface area contributed by atoms with Crippen molar-refractivity contribution in [1.29, 1.82) is 0 Å². The highest BCUT2D eigenvalue weighted by atomic mass is 19.3. The van der Waals surface area contributed by atoms with Crippen LogP contribution < -0.4 is 15.1 Å². The standard InChI is InChI=1S/C21H24F3N5O4/c1-28-15-8-25-20(27-18(15)29(11-4-5-11)10-21(23,24)19(28)31)26-14-7-13(22)12(6-16(14)32-2)17(9-30)33-3/h6-9,11-13,30H,4-5,10H2,1-3H3,(H,25,26,27)/b17-9+. The molecule has 1 aromatic heterocycles. The highest BCUT2D eigenvalue weighted by Crippen LogP contribution is 2.41. The number of amides is 1. The van der Waals surface area contributed by atoms with E-state index in [0.29, 0.717) is 19.1 Å². The maximum Gasteiger partial charge on any atom is 0.342 e. The van der Waals surface area contributed by atoms with Gasteiger partial charge in [-0.3, -0.25) is 4.79 Å². The van der Waals surface area contributed by atoms with Gasteiger partial charge < -0.3 is 29.7 Å². The van der Waals surface area contributed by atoms with Crippen molar-refractivity contribution in [2.45, 2.75) is 31.0 Å². The number of aromatic nitrogens is 2. The van der Waals surface area contributed by atoms with Gasteiger partial charge in [0.05, 0.1) is 38.6 Å². The summed E-state index contributed by atoms with van der Waals surface area (Å²) in [7, 11) is 3.96. The van der Waals surface area contributed by atoms with Gasteiger partial charge in [-0.05, 0) is 25.0 Å². The van der Waals surface area contributed by atoms with Gasteiger partial charge in [0, 0.05) is 13.1 Å². The molecule has 0 spiro atoms. The third-order valence-electron chi connectivity index (χ3n) is 5.78. The number of methoxy groups -OCH3 is 2. The molecule has 1 aromatic rings. The lowest BCUT2D eigenvalue weighted by molar-refractivity contribution is -0.140. The van der Waals surface area contributed by atoms with Gasteiger partial charge in [-0.25, -0.2) is 9.37 Å². The van der Waals surface area contributed by atoms with E-state index in [1.807, 2.05) is 0 Å². The second-order valence-corrected chi connectivity index (χ2v) is 7.98. The molecule has 178 valence electrons. The smallest absolute Gasteiger partial charge is 0.342 e. The molecule has 0 aromatic carbocycles. The lowest BCUT2D eigenvalue weighted by atomic mass is 9.94. The molecule has 2 heterocycles. The van der Waals surface area contributed by atoms with Gasteiger partial charge in [0.2, 0.25) is 5.95 Å². The SMILES string of the molecule is COC1=CC(/C(=C\O)OC)C(F)C=C1Nc1ncc2c(n1)N(C1CC1)CC(F)(F)C(=O)N2C. The lowest BCUT2D eigenvalue weighted by Crippen LogP contribution is -2.46. The molecule has 9 nitrogen and oxygen atoms in total. The summed E-state index contributed by atoms with van der Waals surface area (Å²) < 4.78 is 54.1. The summed E-state index contributed by atoms with van der Waals surface area (Å²) in [6, 6.07) is -0.145. The number of nitrogens with zero attached hydrogens (tertiary/aromatic N) is 4. The molecule has 1 fully saturated rings. The number of alkyl halides is 3. The first-order valence-electron chi connectivity index (χ1n) is 10.3. The summed E-state index contributed by atoms with van der Waals surface area (Å²) in [5, 5.41) is 12.1. The molecule has 0 bridgehead atoms. The number of nitrogens with one attached hydrogen (secondary N) is 1. The molecule has 33 heavy (non-hydrogen) atoms. The zero-order valence-electron chi connectivity index (χ0n) is 18.3. The molecule has 3 aliphatic rings. The van der Waals surface area contributed by atoms with E-state index in [1.165, 1.54) is 44.5 Å². The van der Waals surface area contributed by atoms with Crippen LogP contribution in [0.3, 0.4) is 0 Å². The van der Waals surface area contributed by atoms with Crippen LogP contribution in [0, 0.1) is 5.92 Å². The van der Waals surface area contributed by atoms with Gasteiger partial charge in [-0.2, -0.15) is 13.8 Å². The zero-order chi connectivity index (χ0) is 23.9. The molecule has 0 saturated heterocycles. The Bertz CT molecular complexity index is 1040. The molecule has 1 amide bonds. The van der Waals surface area contributed by atoms with Crippen LogP contribution in [0.25, 0.3) is 0 Å². The van der Waals surface area contributed by atoms with E-state index in [4.69, 9.17) is 9.47 Å². The predicted octanol–water partition coefficient (Wildman–Crippen LogP) is 2.90. The first-order valence-corrected chi connectivity index (χ1v) is 10.3. The van der Waals surface area contributed by atoms with Crippen LogP contribution >= 0.6 is 0 Å². The number of allylic oxidation sites excluding steroid dienone is 2. The molecule has 0 radical (unpaired) electrons. The molecule has 4 rings (SSSR count). The average molecular weight is 467 g/mol. The molecule has 1 aliphatic heterocycles. The third-order valence-corrected chi connectivity index (χ3v) is 5.78. The van der Waals surface area contributed by atoms with E-state index in [-0.39, 0.29) is 40.7 Å². The Morgan fingerprint density at radius 1 is 1.33 bits per heavy atom. The fourth-order valence-electron chi connectivity index (χ4n) is 3.88. The summed E-state index contributed by atoms with van der Waals surface area (Å²) in [6.45, 7) is -0.780. The fraction of sp³-hybridized carbons (Fsp3) is 0.476. The van der Waals surface area contributed by atoms with Crippen molar-refractivity contribution in [3.63, 3.8) is 0 Å². The van der Waals surface area contributed by atoms with Crippen LogP contribution in [0.2, 0.25) is 0 Å². The minimum absolute atomic E-state index is 0.0161. The maximum atomic E-state index is 14.8. The third kappa shape index (κ3) is 4.16. The summed E-state index contributed by atoms with van der Waals surface area (Å²) in [6.07, 6.45) is 4.50. The van der Waals surface area contributed by atoms with E-state index < -0.39 is 30.5 Å². The summed E-state index contributed by atoms with van der Waals surface area (Å²) >= 11 is 0. The average Bonchev–Trinajstić information content (AvgIpc) is 3.64. The molecule has 2 aliphatic carbocycles. The van der Waals surface area contributed by atoms with Crippen LogP contribution in [0.1, 0.15) is 12.8 Å². The predicted molar refractivity (Wildman–Crippen MR) is 114 cm³/mol. The molecule has 2 unspecified atom stereocenters. The van der Waals surface area contributed by atoms with Crippen LogP contribution in [-0.2, 0) is 14.3 Å². The van der Waals surface area contributed by atoms with Crippen molar-refractivity contribution >= 4 is 23.4 Å². The first-order chi connectivity index (χ1) is 15.7. The van der Waals surface area contributed by atoms with Crippen molar-refractivity contribution < 1.29 is 32.5 Å². The number of fused-ring (bicyclic) bond motifs is 1. The second-order valence-electron chi connectivity index (χ2n) is 7.98. The topological polar surface area (TPSA) is 100 Å². The highest BCUT2D eigenvalue weighted by Gasteiger charge is 2.50. The highest BCUT2D eigenvalue weighted by molar-refractivity contribution is 6.02. The maximum absolute atomic E-state index is 14.8. The van der Waals surface area contributed by atoms with Crippen molar-refractivity contribution in [2.75, 3.05) is 42.9 Å². The molecule has 2 N–H and O–H groups in total. The van der Waals surface area contributed by atoms with E-state index >= 15 is 0 Å². The van der Waals surface area contributed by atoms with Gasteiger partial charge >= 0.3 is 5.92 Å². The van der Waals surface area contributed by atoms with Gasteiger partial charge in [-0.15, -0.1) is 0 Å². The number of rotatable bonds is 6. The van der Waals surface area contributed by atoms with Crippen LogP contribution in [-0.4, -0.2) is 66.9 Å². The van der Waals surface area contributed by atoms with E-state index in [0.717, 1.165) is 4.90 Å². The van der Waals surface area contributed by atoms with Crippen molar-refractivity contribution in [3.8, 4) is 0 Å². The normalized spacial score (nSPS) is 25.0. The number of hydrogen-bond donors (Lipinski definition) is 2. The Kier molecular flexibility index (Phi) is 5.85. The van der Waals surface area contributed by atoms with E-state index in [1.54, 1.807) is 0 Å². The quantitative estimate of drug-likeness (QED) is 0.617. The van der Waals surface area contributed by atoms with Crippen molar-refractivity contribution in [2.24, 2.45) is 5.92 Å². The lowest BCUT2D eigenvalue weighted by Gasteiger charge is -2.26. The van der Waals surface area contributed by atoms with Crippen LogP contribution in [0.4, 0.5) is 30.6 Å². The molecule has 12 heteroatoms. The number of aliphatic hydroxyl groups excluding tert-OH is 1. The van der Waals surface area contributed by atoms with E-state index in [9.17, 15) is 23.1 Å². The summed E-state index contributed by atoms with van der Waals surface area (Å²) in [4.78, 5) is 23.1. The van der Waals surface area contributed by atoms with Crippen LogP contribution in [0.15, 0.2) is 41.8 Å². The van der Waals surface area contributed by atoms with Gasteiger partial charge in [-0.1, -0.05) is 0 Å². The minimum atomic E-state index is -3.57. The minimum Gasteiger partial charge on any atom is -0.512 e. The number of ether oxygens (including phenoxy) is 2. The zero-order valence-corrected chi connectivity index (χ0v) is 18.3. The number of halogens is 3. The largest absolute Gasteiger partial charge is 0.512 e. The fourth-order valence-corrected chi connectivity index (χ4v) is 3.88. The first kappa shape index (κ1) is 22.7. The number of aliphatic hydroxyl groups is 1. The van der Waals surface area contributed by atoms with Gasteiger partial charge in [0.1, 0.15) is 29.6 Å². The van der Waals surface area contributed by atoms with E-state index in [2.05, 4.69) is 15.3 Å². The van der Waals surface area contributed by atoms with Crippen molar-refractivity contribution in [3.05, 3.63) is 41.8 Å².